The van der Waals surface area contributed by atoms with E-state index in [-0.39, 0.29) is 17.7 Å². The minimum absolute atomic E-state index is 0.0722. The van der Waals surface area contributed by atoms with Crippen LogP contribution in [0.4, 0.5) is 0 Å². The topological polar surface area (TPSA) is 97.3 Å². The summed E-state index contributed by atoms with van der Waals surface area (Å²) < 4.78 is 6.18. The predicted molar refractivity (Wildman–Crippen MR) is 75.3 cm³/mol. The van der Waals surface area contributed by atoms with Crippen molar-refractivity contribution in [2.45, 2.75) is 6.67 Å². The zero-order valence-corrected chi connectivity index (χ0v) is 11.2. The maximum Gasteiger partial charge on any atom is 0.320 e. The molecule has 0 amide bonds. The largest absolute Gasteiger partial charge is 0.379 e. The average Bonchev–Trinajstić information content (AvgIpc) is 2.60. The van der Waals surface area contributed by atoms with Crippen LogP contribution in [0.15, 0.2) is 32.7 Å². The predicted octanol–water partition coefficient (Wildman–Crippen LogP) is -1.27. The van der Waals surface area contributed by atoms with E-state index in [0.29, 0.717) is 26.3 Å². The third-order valence-corrected chi connectivity index (χ3v) is 3.40. The van der Waals surface area contributed by atoms with Gasteiger partial charge in [-0.1, -0.05) is 0 Å². The lowest BCUT2D eigenvalue weighted by Gasteiger charge is -2.26. The van der Waals surface area contributed by atoms with Crippen molar-refractivity contribution in [2.75, 3.05) is 26.3 Å². The summed E-state index contributed by atoms with van der Waals surface area (Å²) in [4.78, 5) is 44.6. The highest BCUT2D eigenvalue weighted by molar-refractivity contribution is 5.72. The van der Waals surface area contributed by atoms with Crippen LogP contribution in [0.5, 0.6) is 0 Å². The number of hydrogen-bond acceptors (Lipinski definition) is 6. The van der Waals surface area contributed by atoms with Gasteiger partial charge < -0.3 is 9.72 Å². The normalized spacial score (nSPS) is 16.2. The lowest BCUT2D eigenvalue weighted by Crippen LogP contribution is -2.46. The molecule has 1 N–H and O–H groups in total. The van der Waals surface area contributed by atoms with Gasteiger partial charge in [-0.2, -0.15) is 0 Å². The molecule has 0 aliphatic carbocycles. The van der Waals surface area contributed by atoms with Crippen LogP contribution in [-0.2, 0) is 11.4 Å². The fourth-order valence-electron chi connectivity index (χ4n) is 2.27. The zero-order chi connectivity index (χ0) is 14.8. The Hall–Kier alpha value is -2.32. The van der Waals surface area contributed by atoms with Crippen LogP contribution in [-0.4, -0.2) is 45.7 Å². The molecule has 3 heterocycles. The number of ether oxygens (including phenoxy) is 1. The number of hydrogen-bond donors (Lipinski definition) is 1. The Morgan fingerprint density at radius 3 is 2.71 bits per heavy atom. The molecule has 8 nitrogen and oxygen atoms in total. The summed E-state index contributed by atoms with van der Waals surface area (Å²) >= 11 is 0. The van der Waals surface area contributed by atoms with Crippen molar-refractivity contribution in [3.05, 3.63) is 49.4 Å². The van der Waals surface area contributed by atoms with E-state index in [9.17, 15) is 14.4 Å². The Balaban J connectivity index is 2.19. The molecule has 0 atom stereocenters. The second-order valence-corrected chi connectivity index (χ2v) is 4.76. The van der Waals surface area contributed by atoms with Gasteiger partial charge >= 0.3 is 11.1 Å². The van der Waals surface area contributed by atoms with Crippen molar-refractivity contribution >= 4 is 11.0 Å². The molecule has 110 valence electrons. The van der Waals surface area contributed by atoms with E-state index in [1.165, 1.54) is 12.3 Å². The van der Waals surface area contributed by atoms with Gasteiger partial charge in [0.25, 0.3) is 5.56 Å². The molecule has 8 heteroatoms. The molecule has 0 aromatic carbocycles. The maximum absolute atomic E-state index is 12.5. The van der Waals surface area contributed by atoms with Crippen LogP contribution in [0.25, 0.3) is 11.0 Å². The highest BCUT2D eigenvalue weighted by Gasteiger charge is 2.15. The standard InChI is InChI=1S/C13H14N4O4/c18-11-13(20)17(8-16-4-6-21-7-5-16)12(19)9-2-1-3-14-10(9)15-11/h1-3H,4-8H2,(H,14,15,18). The molecule has 3 rings (SSSR count). The van der Waals surface area contributed by atoms with Crippen molar-refractivity contribution in [2.24, 2.45) is 0 Å². The average molecular weight is 290 g/mol. The summed E-state index contributed by atoms with van der Waals surface area (Å²) in [6.07, 6.45) is 1.45. The lowest BCUT2D eigenvalue weighted by atomic mass is 10.3. The molecule has 1 aliphatic rings. The third kappa shape index (κ3) is 2.63. The minimum Gasteiger partial charge on any atom is -0.379 e. The minimum atomic E-state index is -0.871. The van der Waals surface area contributed by atoms with E-state index >= 15 is 0 Å². The number of rotatable bonds is 2. The van der Waals surface area contributed by atoms with Crippen molar-refractivity contribution < 1.29 is 4.74 Å². The summed E-state index contributed by atoms with van der Waals surface area (Å²) in [7, 11) is 0. The van der Waals surface area contributed by atoms with Crippen LogP contribution >= 0.6 is 0 Å². The van der Waals surface area contributed by atoms with Gasteiger partial charge in [0.2, 0.25) is 0 Å². The number of fused-ring (bicyclic) bond motifs is 1. The summed E-state index contributed by atoms with van der Waals surface area (Å²) in [6.45, 7) is 2.38. The molecule has 21 heavy (non-hydrogen) atoms. The van der Waals surface area contributed by atoms with Gasteiger partial charge in [-0.25, -0.2) is 4.98 Å². The smallest absolute Gasteiger partial charge is 0.320 e. The first kappa shape index (κ1) is 13.7. The quantitative estimate of drug-likeness (QED) is 0.693. The van der Waals surface area contributed by atoms with Crippen LogP contribution in [0.3, 0.4) is 0 Å². The molecule has 1 saturated heterocycles. The molecule has 0 unspecified atom stereocenters. The van der Waals surface area contributed by atoms with Crippen molar-refractivity contribution in [3.8, 4) is 0 Å². The van der Waals surface area contributed by atoms with Gasteiger partial charge in [0, 0.05) is 19.3 Å². The van der Waals surface area contributed by atoms with Crippen molar-refractivity contribution in [3.63, 3.8) is 0 Å². The van der Waals surface area contributed by atoms with Gasteiger partial charge in [0.15, 0.2) is 0 Å². The Labute approximate surface area is 118 Å². The van der Waals surface area contributed by atoms with Gasteiger partial charge in [0.05, 0.1) is 25.3 Å². The Morgan fingerprint density at radius 2 is 1.95 bits per heavy atom. The number of H-pyrrole nitrogens is 1. The van der Waals surface area contributed by atoms with E-state index in [4.69, 9.17) is 4.74 Å². The number of morpholine rings is 1. The van der Waals surface area contributed by atoms with Crippen LogP contribution in [0.1, 0.15) is 0 Å². The molecular weight excluding hydrogens is 276 g/mol. The first-order valence-electron chi connectivity index (χ1n) is 6.59. The van der Waals surface area contributed by atoms with E-state index in [0.717, 1.165) is 4.57 Å². The second-order valence-electron chi connectivity index (χ2n) is 4.76. The number of pyridine rings is 1. The molecule has 0 saturated carbocycles. The Morgan fingerprint density at radius 1 is 1.19 bits per heavy atom. The molecule has 0 spiro atoms. The maximum atomic E-state index is 12.5. The van der Waals surface area contributed by atoms with Gasteiger partial charge in [-0.05, 0) is 12.1 Å². The third-order valence-electron chi connectivity index (χ3n) is 3.40. The highest BCUT2D eigenvalue weighted by Crippen LogP contribution is 2.00. The SMILES string of the molecule is O=c1[nH]c2ncccc2c(=O)n(CN2CCOCC2)c1=O. The number of nitrogens with one attached hydrogen (secondary N) is 1. The van der Waals surface area contributed by atoms with Crippen LogP contribution in [0, 0.1) is 0 Å². The molecule has 2 aromatic heterocycles. The van der Waals surface area contributed by atoms with Gasteiger partial charge in [-0.15, -0.1) is 0 Å². The molecule has 1 aliphatic heterocycles. The monoisotopic (exact) mass is 290 g/mol. The number of aromatic amines is 1. The number of aromatic nitrogens is 3. The summed E-state index contributed by atoms with van der Waals surface area (Å²) in [6, 6.07) is 3.13. The summed E-state index contributed by atoms with van der Waals surface area (Å²) in [5.74, 6) is 0. The first-order valence-corrected chi connectivity index (χ1v) is 6.59. The first-order chi connectivity index (χ1) is 10.2. The fourth-order valence-corrected chi connectivity index (χ4v) is 2.27. The van der Waals surface area contributed by atoms with Gasteiger partial charge in [-0.3, -0.25) is 23.9 Å². The number of nitrogens with zero attached hydrogens (tertiary/aromatic N) is 3. The lowest BCUT2D eigenvalue weighted by molar-refractivity contribution is 0.0224. The fraction of sp³-hybridized carbons (Fsp3) is 0.385. The van der Waals surface area contributed by atoms with Crippen LogP contribution in [0.2, 0.25) is 0 Å². The summed E-state index contributed by atoms with van der Waals surface area (Å²) in [5, 5.41) is 0.213. The van der Waals surface area contributed by atoms with E-state index in [2.05, 4.69) is 9.97 Å². The van der Waals surface area contributed by atoms with Crippen molar-refractivity contribution in [1.82, 2.24) is 19.4 Å². The molecule has 2 aromatic rings. The van der Waals surface area contributed by atoms with E-state index in [1.54, 1.807) is 6.07 Å². The highest BCUT2D eigenvalue weighted by atomic mass is 16.5. The Kier molecular flexibility index (Phi) is 3.63. The van der Waals surface area contributed by atoms with Gasteiger partial charge in [0.1, 0.15) is 5.65 Å². The zero-order valence-electron chi connectivity index (χ0n) is 11.2. The second kappa shape index (κ2) is 5.58. The van der Waals surface area contributed by atoms with Crippen molar-refractivity contribution in [1.29, 1.82) is 0 Å². The van der Waals surface area contributed by atoms with E-state index < -0.39 is 16.7 Å². The summed E-state index contributed by atoms with van der Waals surface area (Å²) in [5.41, 5.74) is -2.13. The molecule has 0 bridgehead atoms. The Bertz CT molecular complexity index is 836. The van der Waals surface area contributed by atoms with Crippen LogP contribution < -0.4 is 16.7 Å². The molecular formula is C13H14N4O4. The van der Waals surface area contributed by atoms with E-state index in [1.807, 2.05) is 4.90 Å². The molecule has 0 radical (unpaired) electrons. The molecule has 1 fully saturated rings.